The molecule has 0 aromatic rings. The molecular weight excluding hydrogens is 259 g/mol. The predicted octanol–water partition coefficient (Wildman–Crippen LogP) is -1.48. The summed E-state index contributed by atoms with van der Waals surface area (Å²) in [6.07, 6.45) is 3.56. The van der Waals surface area contributed by atoms with Gasteiger partial charge in [-0.05, 0) is 31.0 Å². The number of allylic oxidation sites excluding steroid dienone is 1. The zero-order valence-corrected chi connectivity index (χ0v) is 14.0. The molecule has 1 atom stereocenters. The summed E-state index contributed by atoms with van der Waals surface area (Å²) in [5.41, 5.74) is -1.02. The first-order valence-corrected chi connectivity index (χ1v) is 6.17. The van der Waals surface area contributed by atoms with Crippen molar-refractivity contribution in [1.82, 2.24) is 10.6 Å². The molecule has 0 bridgehead atoms. The summed E-state index contributed by atoms with van der Waals surface area (Å²) in [7, 11) is 0. The minimum absolute atomic E-state index is 0. The van der Waals surface area contributed by atoms with Crippen molar-refractivity contribution < 1.29 is 39.1 Å². The van der Waals surface area contributed by atoms with E-state index < -0.39 is 5.41 Å². The second-order valence-corrected chi connectivity index (χ2v) is 4.75. The van der Waals surface area contributed by atoms with E-state index in [2.05, 4.69) is 17.2 Å². The van der Waals surface area contributed by atoms with Crippen LogP contribution in [-0.2, 0) is 9.59 Å². The summed E-state index contributed by atoms with van der Waals surface area (Å²) in [4.78, 5) is 24.3. The van der Waals surface area contributed by atoms with Crippen molar-refractivity contribution in [2.45, 2.75) is 33.1 Å². The molecule has 0 aromatic carbocycles. The molecule has 1 unspecified atom stereocenters. The van der Waals surface area contributed by atoms with Gasteiger partial charge in [-0.1, -0.05) is 26.3 Å². The molecule has 0 spiro atoms. The Morgan fingerprint density at radius 3 is 2.28 bits per heavy atom. The topological polar surface area (TPSA) is 58.2 Å². The van der Waals surface area contributed by atoms with Gasteiger partial charge in [0.15, 0.2) is 5.11 Å². The zero-order chi connectivity index (χ0) is 13.1. The Hall–Kier alpha value is -0.230. The zero-order valence-electron chi connectivity index (χ0n) is 11.2. The van der Waals surface area contributed by atoms with Gasteiger partial charge in [0.05, 0.1) is 0 Å². The minimum Gasteiger partial charge on any atom is -0.302 e. The minimum atomic E-state index is -1.02. The van der Waals surface area contributed by atoms with Crippen molar-refractivity contribution in [1.29, 1.82) is 0 Å². The Bertz CT molecular complexity index is 351. The smallest absolute Gasteiger partial charge is 0.302 e. The van der Waals surface area contributed by atoms with Crippen LogP contribution in [0.25, 0.3) is 0 Å². The number of hydrogen-bond acceptors (Lipinski definition) is 3. The van der Waals surface area contributed by atoms with Crippen molar-refractivity contribution in [2.75, 3.05) is 0 Å². The summed E-state index contributed by atoms with van der Waals surface area (Å²) in [6.45, 7) is 7.52. The van der Waals surface area contributed by atoms with Crippen molar-refractivity contribution in [3.8, 4) is 0 Å². The SMILES string of the molecule is C=CCCC1(C(C)CC)C(=O)NC(=S)NC1=O.[Na+]. The number of thiocarbonyl (C=S) groups is 1. The van der Waals surface area contributed by atoms with Crippen LogP contribution in [0.4, 0.5) is 0 Å². The van der Waals surface area contributed by atoms with Crippen LogP contribution in [0.2, 0.25) is 0 Å². The van der Waals surface area contributed by atoms with Crippen LogP contribution in [0.3, 0.4) is 0 Å². The molecule has 1 fully saturated rings. The third-order valence-electron chi connectivity index (χ3n) is 3.46. The molecule has 18 heavy (non-hydrogen) atoms. The van der Waals surface area contributed by atoms with Crippen LogP contribution in [0, 0.1) is 11.3 Å². The van der Waals surface area contributed by atoms with Gasteiger partial charge < -0.3 is 10.6 Å². The van der Waals surface area contributed by atoms with Gasteiger partial charge >= 0.3 is 29.6 Å². The van der Waals surface area contributed by atoms with E-state index in [1.165, 1.54) is 0 Å². The fourth-order valence-corrected chi connectivity index (χ4v) is 2.35. The van der Waals surface area contributed by atoms with Crippen molar-refractivity contribution in [2.24, 2.45) is 11.3 Å². The fraction of sp³-hybridized carbons (Fsp3) is 0.583. The van der Waals surface area contributed by atoms with Crippen LogP contribution in [0.15, 0.2) is 12.7 Å². The molecule has 0 saturated carbocycles. The van der Waals surface area contributed by atoms with E-state index in [4.69, 9.17) is 12.2 Å². The predicted molar refractivity (Wildman–Crippen MR) is 70.2 cm³/mol. The van der Waals surface area contributed by atoms with Crippen molar-refractivity contribution in [3.05, 3.63) is 12.7 Å². The number of rotatable bonds is 5. The van der Waals surface area contributed by atoms with Crippen molar-refractivity contribution >= 4 is 29.1 Å². The third-order valence-corrected chi connectivity index (χ3v) is 3.67. The molecule has 1 rings (SSSR count). The Balaban J connectivity index is 0.00000289. The van der Waals surface area contributed by atoms with E-state index in [0.29, 0.717) is 12.8 Å². The average molecular weight is 277 g/mol. The quantitative estimate of drug-likeness (QED) is 0.279. The standard InChI is InChI=1S/C12H18N2O2S.Na/c1-4-6-7-12(8(3)5-2)9(15)13-11(17)14-10(12)16;/h4,8H,1,5-7H2,2-3H3,(H2,13,14,15,16,17);/q;+1. The molecule has 0 aliphatic carbocycles. The second-order valence-electron chi connectivity index (χ2n) is 4.35. The van der Waals surface area contributed by atoms with Gasteiger partial charge in [-0.2, -0.15) is 0 Å². The van der Waals surface area contributed by atoms with Crippen molar-refractivity contribution in [3.63, 3.8) is 0 Å². The van der Waals surface area contributed by atoms with Crippen LogP contribution >= 0.6 is 12.2 Å². The Labute approximate surface area is 135 Å². The Morgan fingerprint density at radius 1 is 1.39 bits per heavy atom. The maximum atomic E-state index is 12.1. The average Bonchev–Trinajstić information content (AvgIpc) is 2.27. The van der Waals surface area contributed by atoms with E-state index in [-0.39, 0.29) is 52.4 Å². The van der Waals surface area contributed by atoms with Crippen LogP contribution in [0.5, 0.6) is 0 Å². The monoisotopic (exact) mass is 277 g/mol. The molecule has 1 aliphatic rings. The van der Waals surface area contributed by atoms with Gasteiger partial charge in [0.25, 0.3) is 0 Å². The molecule has 94 valence electrons. The normalized spacial score (nSPS) is 19.3. The molecule has 0 aromatic heterocycles. The first-order chi connectivity index (χ1) is 7.98. The van der Waals surface area contributed by atoms with E-state index in [9.17, 15) is 9.59 Å². The molecule has 0 radical (unpaired) electrons. The molecule has 2 amide bonds. The molecular formula is C12H18N2NaO2S+. The summed E-state index contributed by atoms with van der Waals surface area (Å²) in [5, 5.41) is 5.20. The molecule has 2 N–H and O–H groups in total. The van der Waals surface area contributed by atoms with Gasteiger partial charge in [-0.3, -0.25) is 9.59 Å². The van der Waals surface area contributed by atoms with E-state index in [1.807, 2.05) is 13.8 Å². The maximum absolute atomic E-state index is 12.1. The van der Waals surface area contributed by atoms with Crippen LogP contribution in [-0.4, -0.2) is 16.9 Å². The van der Waals surface area contributed by atoms with Gasteiger partial charge in [-0.25, -0.2) is 0 Å². The summed E-state index contributed by atoms with van der Waals surface area (Å²) < 4.78 is 0. The molecule has 1 saturated heterocycles. The summed E-state index contributed by atoms with van der Waals surface area (Å²) in [6, 6.07) is 0. The second kappa shape index (κ2) is 7.38. The molecule has 1 aliphatic heterocycles. The number of amides is 2. The molecule has 6 heteroatoms. The van der Waals surface area contributed by atoms with Crippen LogP contribution in [0.1, 0.15) is 33.1 Å². The summed E-state index contributed by atoms with van der Waals surface area (Å²) in [5.74, 6) is -0.615. The fourth-order valence-electron chi connectivity index (χ4n) is 2.16. The maximum Gasteiger partial charge on any atom is 1.00 e. The molecule has 4 nitrogen and oxygen atoms in total. The molecule has 1 heterocycles. The van der Waals surface area contributed by atoms with Gasteiger partial charge in [0.1, 0.15) is 5.41 Å². The first kappa shape index (κ1) is 17.8. The Morgan fingerprint density at radius 2 is 1.89 bits per heavy atom. The largest absolute Gasteiger partial charge is 1.00 e. The summed E-state index contributed by atoms with van der Waals surface area (Å²) >= 11 is 4.81. The van der Waals surface area contributed by atoms with Crippen LogP contribution < -0.4 is 40.2 Å². The Kier molecular flexibility index (Phi) is 7.29. The number of nitrogens with one attached hydrogen (secondary N) is 2. The van der Waals surface area contributed by atoms with E-state index in [1.54, 1.807) is 6.08 Å². The van der Waals surface area contributed by atoms with E-state index >= 15 is 0 Å². The first-order valence-electron chi connectivity index (χ1n) is 5.76. The van der Waals surface area contributed by atoms with Gasteiger partial charge in [0.2, 0.25) is 11.8 Å². The van der Waals surface area contributed by atoms with Gasteiger partial charge in [-0.15, -0.1) is 6.58 Å². The number of carbonyl (C=O) groups excluding carboxylic acids is 2. The third kappa shape index (κ3) is 3.20. The van der Waals surface area contributed by atoms with E-state index in [0.717, 1.165) is 6.42 Å². The van der Waals surface area contributed by atoms with Gasteiger partial charge in [0, 0.05) is 0 Å². The number of carbonyl (C=O) groups is 2. The number of hydrogen-bond donors (Lipinski definition) is 2.